The number of thioether (sulfide) groups is 1. The van der Waals surface area contributed by atoms with Gasteiger partial charge < -0.3 is 14.6 Å². The maximum absolute atomic E-state index is 12.6. The summed E-state index contributed by atoms with van der Waals surface area (Å²) >= 11 is 1.86. The van der Waals surface area contributed by atoms with Gasteiger partial charge in [0.15, 0.2) is 0 Å². The minimum Gasteiger partial charge on any atom is -0.496 e. The Morgan fingerprint density at radius 3 is 2.66 bits per heavy atom. The molecule has 0 aliphatic rings. The Hall–Kier alpha value is -3.18. The molecule has 4 rings (SSSR count). The first-order valence-electron chi connectivity index (χ1n) is 10.7. The van der Waals surface area contributed by atoms with E-state index in [1.54, 1.807) is 19.2 Å². The largest absolute Gasteiger partial charge is 0.496 e. The molecule has 1 N–H and O–H groups in total. The summed E-state index contributed by atoms with van der Waals surface area (Å²) in [5.41, 5.74) is 5.72. The number of nitrogens with one attached hydrogen (secondary N) is 1. The van der Waals surface area contributed by atoms with E-state index in [0.717, 1.165) is 5.75 Å². The number of hydrogen-bond acceptors (Lipinski definition) is 3. The summed E-state index contributed by atoms with van der Waals surface area (Å²) in [6.07, 6.45) is 2.20. The maximum atomic E-state index is 12.6. The van der Waals surface area contributed by atoms with E-state index in [1.165, 1.54) is 32.5 Å². The summed E-state index contributed by atoms with van der Waals surface area (Å²) in [6, 6.07) is 22.4. The number of benzene rings is 3. The van der Waals surface area contributed by atoms with Crippen LogP contribution in [0.4, 0.5) is 0 Å². The quantitative estimate of drug-likeness (QED) is 0.340. The van der Waals surface area contributed by atoms with E-state index in [1.807, 2.05) is 23.9 Å². The van der Waals surface area contributed by atoms with Crippen molar-refractivity contribution < 1.29 is 9.53 Å². The van der Waals surface area contributed by atoms with Crippen molar-refractivity contribution in [3.8, 4) is 5.75 Å². The molecule has 0 saturated carbocycles. The molecule has 0 saturated heterocycles. The normalized spacial score (nSPS) is 11.0. The first kappa shape index (κ1) is 22.0. The molecule has 0 aliphatic heterocycles. The molecule has 1 heterocycles. The number of nitrogens with zero attached hydrogens (tertiary/aromatic N) is 1. The lowest BCUT2D eigenvalue weighted by molar-refractivity contribution is 0.0949. The van der Waals surface area contributed by atoms with Crippen molar-refractivity contribution in [2.75, 3.05) is 13.7 Å². The number of carbonyl (C=O) groups is 1. The second-order valence-corrected chi connectivity index (χ2v) is 8.90. The zero-order valence-corrected chi connectivity index (χ0v) is 19.5. The third kappa shape index (κ3) is 4.83. The second kappa shape index (κ2) is 9.96. The molecule has 5 heteroatoms. The zero-order chi connectivity index (χ0) is 22.5. The lowest BCUT2D eigenvalue weighted by atomic mass is 10.1. The number of aryl methyl sites for hydroxylation is 2. The molecule has 3 aromatic carbocycles. The van der Waals surface area contributed by atoms with Crippen molar-refractivity contribution in [2.24, 2.45) is 0 Å². The smallest absolute Gasteiger partial charge is 0.255 e. The van der Waals surface area contributed by atoms with Gasteiger partial charge in [-0.3, -0.25) is 4.79 Å². The molecule has 0 fully saturated rings. The predicted molar refractivity (Wildman–Crippen MR) is 133 cm³/mol. The van der Waals surface area contributed by atoms with Crippen LogP contribution in [0.3, 0.4) is 0 Å². The summed E-state index contributed by atoms with van der Waals surface area (Å²) < 4.78 is 7.53. The van der Waals surface area contributed by atoms with Gasteiger partial charge in [0.05, 0.1) is 12.7 Å². The minimum atomic E-state index is -0.122. The van der Waals surface area contributed by atoms with Crippen molar-refractivity contribution in [1.29, 1.82) is 0 Å². The van der Waals surface area contributed by atoms with Crippen LogP contribution in [-0.4, -0.2) is 24.1 Å². The van der Waals surface area contributed by atoms with Gasteiger partial charge in [0.25, 0.3) is 5.91 Å². The van der Waals surface area contributed by atoms with E-state index >= 15 is 0 Å². The van der Waals surface area contributed by atoms with E-state index < -0.39 is 0 Å². The molecule has 0 unspecified atom stereocenters. The van der Waals surface area contributed by atoms with Gasteiger partial charge in [-0.05, 0) is 43.2 Å². The fourth-order valence-corrected chi connectivity index (χ4v) is 4.99. The van der Waals surface area contributed by atoms with E-state index in [4.69, 9.17) is 4.74 Å². The number of carbonyl (C=O) groups excluding carboxylic acids is 1. The first-order valence-corrected chi connectivity index (χ1v) is 11.7. The lowest BCUT2D eigenvalue weighted by Gasteiger charge is -2.10. The fraction of sp³-hybridized carbons (Fsp3) is 0.222. The van der Waals surface area contributed by atoms with Gasteiger partial charge in [-0.2, -0.15) is 0 Å². The van der Waals surface area contributed by atoms with Crippen LogP contribution in [0.25, 0.3) is 10.9 Å². The molecule has 164 valence electrons. The lowest BCUT2D eigenvalue weighted by Crippen LogP contribution is -2.27. The number of aromatic nitrogens is 1. The zero-order valence-electron chi connectivity index (χ0n) is 18.7. The second-order valence-electron chi connectivity index (χ2n) is 7.88. The van der Waals surface area contributed by atoms with Crippen LogP contribution in [0.5, 0.6) is 5.75 Å². The number of amides is 1. The molecule has 0 bridgehead atoms. The topological polar surface area (TPSA) is 43.3 Å². The number of methoxy groups -OCH3 is 1. The van der Waals surface area contributed by atoms with Crippen LogP contribution in [0.1, 0.15) is 27.0 Å². The highest BCUT2D eigenvalue weighted by Crippen LogP contribution is 2.33. The van der Waals surface area contributed by atoms with Crippen LogP contribution in [-0.2, 0) is 12.3 Å². The van der Waals surface area contributed by atoms with Crippen molar-refractivity contribution in [3.63, 3.8) is 0 Å². The Bertz CT molecular complexity index is 1250. The summed E-state index contributed by atoms with van der Waals surface area (Å²) in [7, 11) is 1.58. The summed E-state index contributed by atoms with van der Waals surface area (Å²) in [5, 5.41) is 4.27. The summed E-state index contributed by atoms with van der Waals surface area (Å²) in [5.74, 6) is 1.40. The van der Waals surface area contributed by atoms with E-state index in [0.29, 0.717) is 24.4 Å². The Morgan fingerprint density at radius 1 is 1.03 bits per heavy atom. The van der Waals surface area contributed by atoms with Crippen molar-refractivity contribution in [1.82, 2.24) is 9.88 Å². The average molecular weight is 445 g/mol. The minimum absolute atomic E-state index is 0.122. The molecule has 1 amide bonds. The van der Waals surface area contributed by atoms with Crippen LogP contribution < -0.4 is 10.1 Å². The van der Waals surface area contributed by atoms with Gasteiger partial charge in [-0.25, -0.2) is 0 Å². The van der Waals surface area contributed by atoms with Gasteiger partial charge >= 0.3 is 0 Å². The van der Waals surface area contributed by atoms with E-state index in [9.17, 15) is 4.79 Å². The van der Waals surface area contributed by atoms with Crippen LogP contribution in [0, 0.1) is 13.8 Å². The number of fused-ring (bicyclic) bond motifs is 1. The van der Waals surface area contributed by atoms with Crippen molar-refractivity contribution in [3.05, 3.63) is 95.2 Å². The first-order chi connectivity index (χ1) is 15.6. The molecular weight excluding hydrogens is 416 g/mol. The highest BCUT2D eigenvalue weighted by Gasteiger charge is 2.12. The molecule has 32 heavy (non-hydrogen) atoms. The molecular formula is C27H28N2O2S. The highest BCUT2D eigenvalue weighted by molar-refractivity contribution is 7.98. The van der Waals surface area contributed by atoms with E-state index in [-0.39, 0.29) is 5.91 Å². The Kier molecular flexibility index (Phi) is 6.86. The SMILES string of the molecule is COc1ccccc1C(=O)NCCn1cc(SCc2cc(C)ccc2C)c2ccccc21. The Morgan fingerprint density at radius 2 is 1.81 bits per heavy atom. The molecule has 4 nitrogen and oxygen atoms in total. The molecule has 0 atom stereocenters. The number of ether oxygens (including phenoxy) is 1. The Labute approximate surface area is 193 Å². The van der Waals surface area contributed by atoms with Crippen LogP contribution in [0.2, 0.25) is 0 Å². The third-order valence-electron chi connectivity index (χ3n) is 5.63. The maximum Gasteiger partial charge on any atom is 0.255 e. The molecule has 0 spiro atoms. The van der Waals surface area contributed by atoms with Crippen LogP contribution >= 0.6 is 11.8 Å². The molecule has 0 radical (unpaired) electrons. The summed E-state index contributed by atoms with van der Waals surface area (Å²) in [4.78, 5) is 13.9. The number of hydrogen-bond donors (Lipinski definition) is 1. The van der Waals surface area contributed by atoms with Gasteiger partial charge in [0.2, 0.25) is 0 Å². The molecule has 4 aromatic rings. The average Bonchev–Trinajstić information content (AvgIpc) is 3.17. The van der Waals surface area contributed by atoms with Gasteiger partial charge in [-0.15, -0.1) is 11.8 Å². The van der Waals surface area contributed by atoms with Gasteiger partial charge in [-0.1, -0.05) is 54.1 Å². The van der Waals surface area contributed by atoms with Gasteiger partial charge in [0, 0.05) is 40.8 Å². The third-order valence-corrected chi connectivity index (χ3v) is 6.72. The van der Waals surface area contributed by atoms with Crippen molar-refractivity contribution >= 4 is 28.6 Å². The Balaban J connectivity index is 1.46. The number of rotatable bonds is 8. The van der Waals surface area contributed by atoms with Crippen molar-refractivity contribution in [2.45, 2.75) is 31.0 Å². The molecule has 0 aliphatic carbocycles. The molecule has 1 aromatic heterocycles. The highest BCUT2D eigenvalue weighted by atomic mass is 32.2. The standard InChI is InChI=1S/C27H28N2O2S/c1-19-12-13-20(2)21(16-19)18-32-26-17-29(24-10-6-4-8-22(24)26)15-14-28-27(30)23-9-5-7-11-25(23)31-3/h4-13,16-17H,14-15,18H2,1-3H3,(H,28,30). The summed E-state index contributed by atoms with van der Waals surface area (Å²) in [6.45, 7) is 5.55. The van der Waals surface area contributed by atoms with Gasteiger partial charge in [0.1, 0.15) is 5.75 Å². The predicted octanol–water partition coefficient (Wildman–Crippen LogP) is 5.99. The monoisotopic (exact) mass is 444 g/mol. The number of para-hydroxylation sites is 2. The van der Waals surface area contributed by atoms with Crippen LogP contribution in [0.15, 0.2) is 77.8 Å². The fourth-order valence-electron chi connectivity index (χ4n) is 3.84. The van der Waals surface area contributed by atoms with E-state index in [2.05, 4.69) is 72.4 Å².